The average molecular weight is 611 g/mol. The Morgan fingerprint density at radius 1 is 0.932 bits per heavy atom. The quantitative estimate of drug-likeness (QED) is 0.188. The van der Waals surface area contributed by atoms with Crippen LogP contribution in [0.2, 0.25) is 0 Å². The van der Waals surface area contributed by atoms with Crippen molar-refractivity contribution in [2.45, 2.75) is 58.2 Å². The van der Waals surface area contributed by atoms with E-state index in [0.29, 0.717) is 36.7 Å². The number of hydrogen-bond acceptors (Lipinski definition) is 6. The van der Waals surface area contributed by atoms with Gasteiger partial charge in [0.25, 0.3) is 0 Å². The van der Waals surface area contributed by atoms with Crippen LogP contribution in [0, 0.1) is 29.3 Å². The SMILES string of the molecule is CCOC(=O)[C@H](Cc1ccc(OCCN2CC3C(NCc4cc(F)c(F)cc4F)[C@H]3C2)cc1)Oc1ccc(C(C)(C)C)cc1. The van der Waals surface area contributed by atoms with Crippen LogP contribution in [0.5, 0.6) is 11.5 Å². The van der Waals surface area contributed by atoms with E-state index in [1.165, 1.54) is 5.56 Å². The van der Waals surface area contributed by atoms with Gasteiger partial charge < -0.3 is 19.5 Å². The van der Waals surface area contributed by atoms with Crippen molar-refractivity contribution in [3.8, 4) is 11.5 Å². The molecule has 44 heavy (non-hydrogen) atoms. The van der Waals surface area contributed by atoms with Crippen LogP contribution in [0.1, 0.15) is 44.4 Å². The van der Waals surface area contributed by atoms with Gasteiger partial charge in [0.05, 0.1) is 6.61 Å². The predicted molar refractivity (Wildman–Crippen MR) is 162 cm³/mol. The molecule has 1 heterocycles. The second-order valence-corrected chi connectivity index (χ2v) is 12.7. The summed E-state index contributed by atoms with van der Waals surface area (Å²) in [7, 11) is 0. The van der Waals surface area contributed by atoms with Gasteiger partial charge in [-0.2, -0.15) is 0 Å². The monoisotopic (exact) mass is 610 g/mol. The lowest BCUT2D eigenvalue weighted by Crippen LogP contribution is -2.33. The van der Waals surface area contributed by atoms with Crippen LogP contribution in [0.25, 0.3) is 0 Å². The zero-order chi connectivity index (χ0) is 31.4. The van der Waals surface area contributed by atoms with Gasteiger partial charge in [-0.15, -0.1) is 0 Å². The number of carbonyl (C=O) groups is 1. The first-order valence-electron chi connectivity index (χ1n) is 15.3. The number of fused-ring (bicyclic) bond motifs is 1. The summed E-state index contributed by atoms with van der Waals surface area (Å²) in [5, 5.41) is 3.29. The number of halogens is 3. The van der Waals surface area contributed by atoms with E-state index in [4.69, 9.17) is 14.2 Å². The zero-order valence-electron chi connectivity index (χ0n) is 25.7. The largest absolute Gasteiger partial charge is 0.492 e. The Kier molecular flexibility index (Phi) is 9.85. The highest BCUT2D eigenvalue weighted by Gasteiger charge is 2.55. The van der Waals surface area contributed by atoms with Crippen molar-refractivity contribution in [2.75, 3.05) is 32.8 Å². The van der Waals surface area contributed by atoms with Gasteiger partial charge >= 0.3 is 5.97 Å². The van der Waals surface area contributed by atoms with Crippen LogP contribution < -0.4 is 14.8 Å². The second-order valence-electron chi connectivity index (χ2n) is 12.7. The highest BCUT2D eigenvalue weighted by Crippen LogP contribution is 2.45. The summed E-state index contributed by atoms with van der Waals surface area (Å²) in [6.45, 7) is 11.8. The Labute approximate surface area is 257 Å². The number of rotatable bonds is 13. The third-order valence-corrected chi connectivity index (χ3v) is 8.46. The van der Waals surface area contributed by atoms with E-state index in [-0.39, 0.29) is 30.2 Å². The summed E-state index contributed by atoms with van der Waals surface area (Å²) >= 11 is 0. The first-order chi connectivity index (χ1) is 21.0. The number of nitrogens with zero attached hydrogens (tertiary/aromatic N) is 1. The Morgan fingerprint density at radius 3 is 2.20 bits per heavy atom. The fourth-order valence-electron chi connectivity index (χ4n) is 5.86. The van der Waals surface area contributed by atoms with Crippen molar-refractivity contribution in [3.05, 3.63) is 94.8 Å². The van der Waals surface area contributed by atoms with Gasteiger partial charge in [-0.1, -0.05) is 45.0 Å². The maximum atomic E-state index is 13.9. The number of likely N-dealkylation sites (tertiary alicyclic amines) is 1. The van der Waals surface area contributed by atoms with E-state index in [9.17, 15) is 18.0 Å². The fraction of sp³-hybridized carbons (Fsp3) is 0.457. The summed E-state index contributed by atoms with van der Waals surface area (Å²) in [6.07, 6.45) is -0.396. The maximum absolute atomic E-state index is 13.9. The van der Waals surface area contributed by atoms with E-state index < -0.39 is 29.5 Å². The average Bonchev–Trinajstić information content (AvgIpc) is 3.43. The molecule has 0 amide bonds. The van der Waals surface area contributed by atoms with Gasteiger partial charge in [0, 0.05) is 50.3 Å². The number of benzene rings is 3. The van der Waals surface area contributed by atoms with E-state index in [0.717, 1.165) is 37.0 Å². The lowest BCUT2D eigenvalue weighted by molar-refractivity contribution is -0.151. The number of carbonyl (C=O) groups excluding carboxylic acids is 1. The van der Waals surface area contributed by atoms with E-state index in [1.54, 1.807) is 6.92 Å². The molecule has 236 valence electrons. The smallest absolute Gasteiger partial charge is 0.347 e. The lowest BCUT2D eigenvalue weighted by atomic mass is 9.87. The Balaban J connectivity index is 1.05. The summed E-state index contributed by atoms with van der Waals surface area (Å²) in [6, 6.07) is 17.3. The molecule has 6 nitrogen and oxygen atoms in total. The molecular formula is C35H41F3N2O4. The molecule has 0 aromatic heterocycles. The molecule has 5 rings (SSSR count). The first kappa shape index (κ1) is 31.9. The Bertz CT molecular complexity index is 1410. The molecule has 1 aliphatic carbocycles. The van der Waals surface area contributed by atoms with E-state index in [2.05, 4.69) is 31.0 Å². The topological polar surface area (TPSA) is 60.0 Å². The molecule has 0 radical (unpaired) electrons. The lowest BCUT2D eigenvalue weighted by Gasteiger charge is -2.21. The summed E-state index contributed by atoms with van der Waals surface area (Å²) in [5.41, 5.74) is 2.28. The molecule has 2 fully saturated rings. The molecule has 1 aliphatic heterocycles. The second kappa shape index (κ2) is 13.6. The Morgan fingerprint density at radius 2 is 1.57 bits per heavy atom. The van der Waals surface area contributed by atoms with Gasteiger partial charge in [0.1, 0.15) is 23.9 Å². The Hall–Kier alpha value is -3.56. The summed E-state index contributed by atoms with van der Waals surface area (Å²) < 4.78 is 57.8. The van der Waals surface area contributed by atoms with Crippen molar-refractivity contribution in [1.82, 2.24) is 10.2 Å². The molecule has 9 heteroatoms. The van der Waals surface area contributed by atoms with Crippen LogP contribution in [-0.2, 0) is 27.9 Å². The number of nitrogens with one attached hydrogen (secondary N) is 1. The molecule has 0 spiro atoms. The number of ether oxygens (including phenoxy) is 3. The number of piperidine rings is 1. The fourth-order valence-corrected chi connectivity index (χ4v) is 5.86. The minimum absolute atomic E-state index is 0.0257. The van der Waals surface area contributed by atoms with Crippen molar-refractivity contribution in [1.29, 1.82) is 0 Å². The standard InChI is InChI=1S/C35H41F3N2O4/c1-5-42-34(41)32(44-26-12-8-24(9-13-26)35(2,3)4)16-22-6-10-25(11-7-22)43-15-14-40-20-27-28(21-40)33(27)39-19-23-17-30(37)31(38)18-29(23)36/h6-13,17-18,27-28,32-33,39H,5,14-16,19-21H2,1-4H3/t27-,28?,32-,33?/m0/s1. The van der Waals surface area contributed by atoms with Gasteiger partial charge in [-0.05, 0) is 65.6 Å². The molecule has 3 aromatic carbocycles. The molecule has 3 aromatic rings. The van der Waals surface area contributed by atoms with E-state index >= 15 is 0 Å². The third-order valence-electron chi connectivity index (χ3n) is 8.46. The highest BCUT2D eigenvalue weighted by atomic mass is 19.2. The zero-order valence-corrected chi connectivity index (χ0v) is 25.7. The van der Waals surface area contributed by atoms with Crippen LogP contribution in [0.3, 0.4) is 0 Å². The molecule has 1 saturated heterocycles. The molecular weight excluding hydrogens is 569 g/mol. The first-order valence-corrected chi connectivity index (χ1v) is 15.3. The maximum Gasteiger partial charge on any atom is 0.347 e. The number of esters is 1. The van der Waals surface area contributed by atoms with Crippen LogP contribution in [-0.4, -0.2) is 55.9 Å². The molecule has 1 saturated carbocycles. The van der Waals surface area contributed by atoms with Crippen molar-refractivity contribution in [3.63, 3.8) is 0 Å². The van der Waals surface area contributed by atoms with E-state index in [1.807, 2.05) is 48.5 Å². The van der Waals surface area contributed by atoms with Gasteiger partial charge in [-0.25, -0.2) is 18.0 Å². The van der Waals surface area contributed by atoms with Gasteiger partial charge in [0.15, 0.2) is 17.7 Å². The van der Waals surface area contributed by atoms with Gasteiger partial charge in [-0.3, -0.25) is 4.90 Å². The third kappa shape index (κ3) is 7.93. The van der Waals surface area contributed by atoms with Crippen LogP contribution in [0.15, 0.2) is 60.7 Å². The predicted octanol–water partition coefficient (Wildman–Crippen LogP) is 6.05. The van der Waals surface area contributed by atoms with Crippen molar-refractivity contribution < 1.29 is 32.2 Å². The van der Waals surface area contributed by atoms with Crippen molar-refractivity contribution >= 4 is 5.97 Å². The summed E-state index contributed by atoms with van der Waals surface area (Å²) in [4.78, 5) is 15.0. The molecule has 2 aliphatic rings. The highest BCUT2D eigenvalue weighted by molar-refractivity contribution is 5.75. The number of hydrogen-bond donors (Lipinski definition) is 1. The van der Waals surface area contributed by atoms with Crippen molar-refractivity contribution in [2.24, 2.45) is 11.8 Å². The van der Waals surface area contributed by atoms with Gasteiger partial charge in [0.2, 0.25) is 0 Å². The minimum Gasteiger partial charge on any atom is -0.492 e. The molecule has 2 unspecified atom stereocenters. The normalized spacial score (nSPS) is 20.2. The minimum atomic E-state index is -1.17. The molecule has 1 N–H and O–H groups in total. The molecule has 4 atom stereocenters. The summed E-state index contributed by atoms with van der Waals surface area (Å²) in [5.74, 6) is -1.04. The van der Waals surface area contributed by atoms with Crippen LogP contribution in [0.4, 0.5) is 13.2 Å². The molecule has 0 bridgehead atoms. The van der Waals surface area contributed by atoms with Crippen LogP contribution >= 0.6 is 0 Å².